The first-order valence-corrected chi connectivity index (χ1v) is 5.49. The van der Waals surface area contributed by atoms with Crippen LogP contribution in [0.1, 0.15) is 46.0 Å². The first-order valence-electron chi connectivity index (χ1n) is 5.05. The summed E-state index contributed by atoms with van der Waals surface area (Å²) < 4.78 is 0. The SMILES string of the molecule is CCCCC(=O)/C=C/C(Cl)CCC. The molecular weight excluding hydrogens is 184 g/mol. The lowest BCUT2D eigenvalue weighted by Gasteiger charge is -1.99. The van der Waals surface area contributed by atoms with Crippen LogP contribution in [0.2, 0.25) is 0 Å². The molecule has 1 atom stereocenters. The number of hydrogen-bond donors (Lipinski definition) is 0. The maximum Gasteiger partial charge on any atom is 0.155 e. The molecule has 0 rings (SSSR count). The molecule has 0 spiro atoms. The van der Waals surface area contributed by atoms with Crippen LogP contribution in [0, 0.1) is 0 Å². The Kier molecular flexibility index (Phi) is 8.11. The molecule has 0 saturated carbocycles. The van der Waals surface area contributed by atoms with Gasteiger partial charge in [0.25, 0.3) is 0 Å². The highest BCUT2D eigenvalue weighted by atomic mass is 35.5. The van der Waals surface area contributed by atoms with E-state index in [9.17, 15) is 4.79 Å². The van der Waals surface area contributed by atoms with Gasteiger partial charge in [-0.3, -0.25) is 4.79 Å². The first-order chi connectivity index (χ1) is 6.20. The van der Waals surface area contributed by atoms with Crippen molar-refractivity contribution in [2.75, 3.05) is 0 Å². The Balaban J connectivity index is 3.63. The van der Waals surface area contributed by atoms with E-state index in [1.165, 1.54) is 0 Å². The fraction of sp³-hybridized carbons (Fsp3) is 0.727. The van der Waals surface area contributed by atoms with Crippen LogP contribution in [0.5, 0.6) is 0 Å². The molecule has 76 valence electrons. The van der Waals surface area contributed by atoms with E-state index in [0.29, 0.717) is 6.42 Å². The smallest absolute Gasteiger partial charge is 0.155 e. The minimum absolute atomic E-state index is 0.0237. The van der Waals surface area contributed by atoms with Crippen LogP contribution < -0.4 is 0 Å². The van der Waals surface area contributed by atoms with Crippen molar-refractivity contribution in [3.8, 4) is 0 Å². The predicted octanol–water partition coefficient (Wildman–Crippen LogP) is 3.71. The summed E-state index contributed by atoms with van der Waals surface area (Å²) >= 11 is 5.92. The molecule has 0 bridgehead atoms. The van der Waals surface area contributed by atoms with Gasteiger partial charge in [-0.2, -0.15) is 0 Å². The molecule has 0 aliphatic rings. The Morgan fingerprint density at radius 3 is 2.62 bits per heavy atom. The monoisotopic (exact) mass is 202 g/mol. The van der Waals surface area contributed by atoms with Crippen molar-refractivity contribution in [3.63, 3.8) is 0 Å². The summed E-state index contributed by atoms with van der Waals surface area (Å²) in [5, 5.41) is 0.0237. The number of carbonyl (C=O) groups is 1. The highest BCUT2D eigenvalue weighted by Gasteiger charge is 1.99. The third kappa shape index (κ3) is 8.04. The van der Waals surface area contributed by atoms with Gasteiger partial charge in [-0.15, -0.1) is 11.6 Å². The van der Waals surface area contributed by atoms with E-state index in [1.807, 2.05) is 6.08 Å². The molecule has 0 saturated heterocycles. The van der Waals surface area contributed by atoms with Gasteiger partial charge in [-0.25, -0.2) is 0 Å². The summed E-state index contributed by atoms with van der Waals surface area (Å²) in [5.41, 5.74) is 0. The zero-order valence-corrected chi connectivity index (χ0v) is 9.31. The largest absolute Gasteiger partial charge is 0.295 e. The Morgan fingerprint density at radius 2 is 2.08 bits per heavy atom. The molecule has 0 heterocycles. The molecule has 0 aromatic carbocycles. The molecule has 1 nitrogen and oxygen atoms in total. The number of rotatable bonds is 7. The summed E-state index contributed by atoms with van der Waals surface area (Å²) in [6, 6.07) is 0. The summed E-state index contributed by atoms with van der Waals surface area (Å²) in [6.45, 7) is 4.17. The number of unbranched alkanes of at least 4 members (excludes halogenated alkanes) is 1. The maximum atomic E-state index is 11.2. The first kappa shape index (κ1) is 12.7. The average Bonchev–Trinajstić information content (AvgIpc) is 2.12. The molecule has 0 aliphatic heterocycles. The van der Waals surface area contributed by atoms with Gasteiger partial charge in [-0.05, 0) is 18.9 Å². The van der Waals surface area contributed by atoms with Crippen molar-refractivity contribution in [3.05, 3.63) is 12.2 Å². The minimum atomic E-state index is 0.0237. The molecule has 0 N–H and O–H groups in total. The van der Waals surface area contributed by atoms with E-state index in [4.69, 9.17) is 11.6 Å². The molecule has 0 fully saturated rings. The third-order valence-electron chi connectivity index (χ3n) is 1.83. The molecule has 0 aliphatic carbocycles. The Bertz CT molecular complexity index is 163. The number of carbonyl (C=O) groups excluding carboxylic acids is 1. The topological polar surface area (TPSA) is 17.1 Å². The van der Waals surface area contributed by atoms with Gasteiger partial charge < -0.3 is 0 Å². The van der Waals surface area contributed by atoms with Crippen LogP contribution in [0.25, 0.3) is 0 Å². The second-order valence-electron chi connectivity index (χ2n) is 3.23. The van der Waals surface area contributed by atoms with Crippen LogP contribution in [0.3, 0.4) is 0 Å². The van der Waals surface area contributed by atoms with Crippen LogP contribution >= 0.6 is 11.6 Å². The van der Waals surface area contributed by atoms with E-state index >= 15 is 0 Å². The minimum Gasteiger partial charge on any atom is -0.295 e. The number of alkyl halides is 1. The van der Waals surface area contributed by atoms with Gasteiger partial charge in [0.05, 0.1) is 5.38 Å². The number of hydrogen-bond acceptors (Lipinski definition) is 1. The van der Waals surface area contributed by atoms with Crippen molar-refractivity contribution in [1.82, 2.24) is 0 Å². The van der Waals surface area contributed by atoms with E-state index in [-0.39, 0.29) is 11.2 Å². The summed E-state index contributed by atoms with van der Waals surface area (Å²) in [5.74, 6) is 0.198. The Labute approximate surface area is 86.2 Å². The molecule has 2 heteroatoms. The lowest BCUT2D eigenvalue weighted by Crippen LogP contribution is -1.96. The van der Waals surface area contributed by atoms with Crippen LogP contribution in [-0.4, -0.2) is 11.2 Å². The predicted molar refractivity (Wildman–Crippen MR) is 58.2 cm³/mol. The van der Waals surface area contributed by atoms with Crippen molar-refractivity contribution >= 4 is 17.4 Å². The van der Waals surface area contributed by atoms with Gasteiger partial charge >= 0.3 is 0 Å². The molecule has 1 unspecified atom stereocenters. The van der Waals surface area contributed by atoms with Crippen molar-refractivity contribution in [2.45, 2.75) is 51.3 Å². The van der Waals surface area contributed by atoms with Crippen molar-refractivity contribution in [2.24, 2.45) is 0 Å². The summed E-state index contributed by atoms with van der Waals surface area (Å²) in [4.78, 5) is 11.2. The number of halogens is 1. The lowest BCUT2D eigenvalue weighted by molar-refractivity contribution is -0.114. The molecule has 0 amide bonds. The zero-order valence-electron chi connectivity index (χ0n) is 8.55. The number of allylic oxidation sites excluding steroid dienone is 2. The van der Waals surface area contributed by atoms with Crippen molar-refractivity contribution < 1.29 is 4.79 Å². The Morgan fingerprint density at radius 1 is 1.38 bits per heavy atom. The van der Waals surface area contributed by atoms with E-state index in [0.717, 1.165) is 25.7 Å². The van der Waals surface area contributed by atoms with Gasteiger partial charge in [0.1, 0.15) is 0 Å². The van der Waals surface area contributed by atoms with Crippen LogP contribution in [-0.2, 0) is 4.79 Å². The quantitative estimate of drug-likeness (QED) is 0.455. The molecule has 0 aromatic rings. The Hall–Kier alpha value is -0.300. The van der Waals surface area contributed by atoms with Gasteiger partial charge in [0.15, 0.2) is 5.78 Å². The van der Waals surface area contributed by atoms with Crippen LogP contribution in [0.15, 0.2) is 12.2 Å². The van der Waals surface area contributed by atoms with E-state index in [1.54, 1.807) is 6.08 Å². The molecular formula is C11H19ClO. The summed E-state index contributed by atoms with van der Waals surface area (Å²) in [6.07, 6.45) is 8.14. The van der Waals surface area contributed by atoms with Crippen molar-refractivity contribution in [1.29, 1.82) is 0 Å². The fourth-order valence-electron chi connectivity index (χ4n) is 1.02. The fourth-order valence-corrected chi connectivity index (χ4v) is 1.31. The molecule has 0 aromatic heterocycles. The number of ketones is 1. The average molecular weight is 203 g/mol. The lowest BCUT2D eigenvalue weighted by atomic mass is 10.1. The third-order valence-corrected chi connectivity index (χ3v) is 2.20. The molecule has 13 heavy (non-hydrogen) atoms. The molecule has 0 radical (unpaired) electrons. The van der Waals surface area contributed by atoms with Gasteiger partial charge in [-0.1, -0.05) is 32.8 Å². The highest BCUT2D eigenvalue weighted by molar-refractivity contribution is 6.22. The van der Waals surface area contributed by atoms with Gasteiger partial charge in [0, 0.05) is 6.42 Å². The van der Waals surface area contributed by atoms with E-state index < -0.39 is 0 Å². The van der Waals surface area contributed by atoms with Crippen LogP contribution in [0.4, 0.5) is 0 Å². The second kappa shape index (κ2) is 8.31. The zero-order chi connectivity index (χ0) is 10.1. The standard InChI is InChI=1S/C11H19ClO/c1-3-5-7-11(13)9-8-10(12)6-4-2/h8-10H,3-7H2,1-2H3/b9-8+. The normalized spacial score (nSPS) is 13.5. The summed E-state index contributed by atoms with van der Waals surface area (Å²) in [7, 11) is 0. The van der Waals surface area contributed by atoms with Gasteiger partial charge in [0.2, 0.25) is 0 Å². The maximum absolute atomic E-state index is 11.2. The van der Waals surface area contributed by atoms with E-state index in [2.05, 4.69) is 13.8 Å². The second-order valence-corrected chi connectivity index (χ2v) is 3.79. The highest BCUT2D eigenvalue weighted by Crippen LogP contribution is 2.07.